The van der Waals surface area contributed by atoms with Crippen molar-refractivity contribution < 1.29 is 4.79 Å². The minimum Gasteiger partial charge on any atom is -0.348 e. The fourth-order valence-electron chi connectivity index (χ4n) is 3.45. The Balaban J connectivity index is 1.65. The average Bonchev–Trinajstić information content (AvgIpc) is 2.68. The number of rotatable bonds is 7. The van der Waals surface area contributed by atoms with E-state index in [2.05, 4.69) is 41.4 Å². The Labute approximate surface area is 161 Å². The Morgan fingerprint density at radius 3 is 2.46 bits per heavy atom. The van der Waals surface area contributed by atoms with Crippen molar-refractivity contribution >= 4 is 17.7 Å². The number of hydrogen-bond acceptors (Lipinski definition) is 3. The molecule has 1 saturated heterocycles. The molecular weight excluding hydrogens is 340 g/mol. The number of piperidine rings is 1. The summed E-state index contributed by atoms with van der Waals surface area (Å²) in [6.07, 6.45) is 3.94. The van der Waals surface area contributed by atoms with Gasteiger partial charge in [-0.05, 0) is 54.9 Å². The predicted molar refractivity (Wildman–Crippen MR) is 110 cm³/mol. The molecule has 2 aromatic carbocycles. The van der Waals surface area contributed by atoms with Crippen LogP contribution in [-0.2, 0) is 13.1 Å². The Hall–Kier alpha value is -1.78. The standard InChI is InChI=1S/C22H28N2OS/c1-2-26-21-13-7-6-12-20(21)22(25)23-16-18-10-4-5-11-19(18)17-24-14-8-3-9-15-24/h4-7,10-13H,2-3,8-9,14-17H2,1H3,(H,23,25). The summed E-state index contributed by atoms with van der Waals surface area (Å²) < 4.78 is 0. The van der Waals surface area contributed by atoms with Gasteiger partial charge in [0.15, 0.2) is 0 Å². The van der Waals surface area contributed by atoms with Crippen molar-refractivity contribution in [2.45, 2.75) is 44.2 Å². The SMILES string of the molecule is CCSc1ccccc1C(=O)NCc1ccccc1CN1CCCCC1. The van der Waals surface area contributed by atoms with Crippen LogP contribution in [0.5, 0.6) is 0 Å². The molecule has 1 aliphatic rings. The lowest BCUT2D eigenvalue weighted by Gasteiger charge is -2.27. The molecule has 1 fully saturated rings. The first kappa shape index (κ1) is 19.0. The number of nitrogens with one attached hydrogen (secondary N) is 1. The van der Waals surface area contributed by atoms with E-state index in [1.807, 2.05) is 24.3 Å². The zero-order chi connectivity index (χ0) is 18.2. The van der Waals surface area contributed by atoms with Crippen molar-refractivity contribution in [1.82, 2.24) is 10.2 Å². The van der Waals surface area contributed by atoms with Crippen molar-refractivity contribution in [3.8, 4) is 0 Å². The molecule has 3 nitrogen and oxygen atoms in total. The first-order valence-corrected chi connectivity index (χ1v) is 10.6. The number of benzene rings is 2. The Morgan fingerprint density at radius 1 is 1.00 bits per heavy atom. The van der Waals surface area contributed by atoms with Crippen LogP contribution in [0.4, 0.5) is 0 Å². The Morgan fingerprint density at radius 2 is 1.69 bits per heavy atom. The third kappa shape index (κ3) is 5.12. The maximum atomic E-state index is 12.7. The third-order valence-electron chi connectivity index (χ3n) is 4.83. The van der Waals surface area contributed by atoms with Gasteiger partial charge in [-0.1, -0.05) is 49.7 Å². The number of nitrogens with zero attached hydrogens (tertiary/aromatic N) is 1. The highest BCUT2D eigenvalue weighted by Gasteiger charge is 2.14. The van der Waals surface area contributed by atoms with Gasteiger partial charge in [0.2, 0.25) is 0 Å². The van der Waals surface area contributed by atoms with Crippen LogP contribution in [0.15, 0.2) is 53.4 Å². The summed E-state index contributed by atoms with van der Waals surface area (Å²) in [6.45, 7) is 6.03. The lowest BCUT2D eigenvalue weighted by Crippen LogP contribution is -2.30. The van der Waals surface area contributed by atoms with E-state index in [4.69, 9.17) is 0 Å². The lowest BCUT2D eigenvalue weighted by atomic mass is 10.0. The van der Waals surface area contributed by atoms with Gasteiger partial charge in [0.05, 0.1) is 5.56 Å². The first-order chi connectivity index (χ1) is 12.8. The van der Waals surface area contributed by atoms with Crippen LogP contribution >= 0.6 is 11.8 Å². The zero-order valence-corrected chi connectivity index (χ0v) is 16.4. The molecule has 2 aromatic rings. The summed E-state index contributed by atoms with van der Waals surface area (Å²) in [5.41, 5.74) is 3.31. The summed E-state index contributed by atoms with van der Waals surface area (Å²) in [5, 5.41) is 3.12. The van der Waals surface area contributed by atoms with Crippen molar-refractivity contribution in [3.63, 3.8) is 0 Å². The largest absolute Gasteiger partial charge is 0.348 e. The Bertz CT molecular complexity index is 726. The highest BCUT2D eigenvalue weighted by molar-refractivity contribution is 7.99. The molecule has 4 heteroatoms. The molecule has 1 N–H and O–H groups in total. The van der Waals surface area contributed by atoms with E-state index in [1.165, 1.54) is 43.5 Å². The van der Waals surface area contributed by atoms with E-state index < -0.39 is 0 Å². The summed E-state index contributed by atoms with van der Waals surface area (Å²) in [6, 6.07) is 16.3. The van der Waals surface area contributed by atoms with Crippen LogP contribution in [0.2, 0.25) is 0 Å². The van der Waals surface area contributed by atoms with Gasteiger partial charge in [-0.2, -0.15) is 0 Å². The highest BCUT2D eigenvalue weighted by atomic mass is 32.2. The summed E-state index contributed by atoms with van der Waals surface area (Å²) in [5.74, 6) is 0.970. The van der Waals surface area contributed by atoms with Gasteiger partial charge < -0.3 is 5.32 Å². The molecule has 0 aliphatic carbocycles. The fraction of sp³-hybridized carbons (Fsp3) is 0.409. The zero-order valence-electron chi connectivity index (χ0n) is 15.5. The number of carbonyl (C=O) groups excluding carboxylic acids is 1. The van der Waals surface area contributed by atoms with Crippen molar-refractivity contribution in [3.05, 3.63) is 65.2 Å². The fourth-order valence-corrected chi connectivity index (χ4v) is 4.25. The molecular formula is C22H28N2OS. The molecule has 0 bridgehead atoms. The van der Waals surface area contributed by atoms with Gasteiger partial charge in [-0.3, -0.25) is 9.69 Å². The number of hydrogen-bond donors (Lipinski definition) is 1. The van der Waals surface area contributed by atoms with E-state index in [9.17, 15) is 4.79 Å². The van der Waals surface area contributed by atoms with Crippen LogP contribution in [0.3, 0.4) is 0 Å². The second-order valence-corrected chi connectivity index (χ2v) is 8.02. The van der Waals surface area contributed by atoms with E-state index >= 15 is 0 Å². The minimum absolute atomic E-state index is 0.00863. The number of carbonyl (C=O) groups is 1. The Kier molecular flexibility index (Phi) is 7.15. The first-order valence-electron chi connectivity index (χ1n) is 9.57. The van der Waals surface area contributed by atoms with Crippen LogP contribution < -0.4 is 5.32 Å². The van der Waals surface area contributed by atoms with E-state index in [-0.39, 0.29) is 5.91 Å². The maximum absolute atomic E-state index is 12.7. The molecule has 0 atom stereocenters. The molecule has 0 spiro atoms. The third-order valence-corrected chi connectivity index (χ3v) is 5.79. The number of likely N-dealkylation sites (tertiary alicyclic amines) is 1. The molecule has 26 heavy (non-hydrogen) atoms. The predicted octanol–water partition coefficient (Wildman–Crippen LogP) is 4.71. The van der Waals surface area contributed by atoms with E-state index in [0.29, 0.717) is 6.54 Å². The number of amides is 1. The smallest absolute Gasteiger partial charge is 0.252 e. The van der Waals surface area contributed by atoms with Crippen molar-refractivity contribution in [2.24, 2.45) is 0 Å². The molecule has 138 valence electrons. The van der Waals surface area contributed by atoms with E-state index in [0.717, 1.165) is 22.8 Å². The summed E-state index contributed by atoms with van der Waals surface area (Å²) in [7, 11) is 0. The molecule has 1 amide bonds. The average molecular weight is 369 g/mol. The quantitative estimate of drug-likeness (QED) is 0.718. The monoisotopic (exact) mass is 368 g/mol. The van der Waals surface area contributed by atoms with Gasteiger partial charge in [0.1, 0.15) is 0 Å². The molecule has 3 rings (SSSR count). The molecule has 0 saturated carbocycles. The molecule has 0 unspecified atom stereocenters. The van der Waals surface area contributed by atoms with Crippen LogP contribution in [-0.4, -0.2) is 29.6 Å². The van der Waals surface area contributed by atoms with Gasteiger partial charge >= 0.3 is 0 Å². The second kappa shape index (κ2) is 9.79. The number of thioether (sulfide) groups is 1. The minimum atomic E-state index is 0.00863. The van der Waals surface area contributed by atoms with Gasteiger partial charge in [-0.25, -0.2) is 0 Å². The van der Waals surface area contributed by atoms with Crippen LogP contribution in [0.25, 0.3) is 0 Å². The van der Waals surface area contributed by atoms with Crippen LogP contribution in [0, 0.1) is 0 Å². The summed E-state index contributed by atoms with van der Waals surface area (Å²) in [4.78, 5) is 16.3. The molecule has 1 aliphatic heterocycles. The molecule has 0 aromatic heterocycles. The van der Waals surface area contributed by atoms with Crippen LogP contribution in [0.1, 0.15) is 47.7 Å². The highest BCUT2D eigenvalue weighted by Crippen LogP contribution is 2.22. The van der Waals surface area contributed by atoms with Gasteiger partial charge in [-0.15, -0.1) is 11.8 Å². The van der Waals surface area contributed by atoms with Gasteiger partial charge in [0.25, 0.3) is 5.91 Å². The normalized spacial score (nSPS) is 15.0. The second-order valence-electron chi connectivity index (χ2n) is 6.72. The summed E-state index contributed by atoms with van der Waals surface area (Å²) >= 11 is 1.71. The van der Waals surface area contributed by atoms with Crippen molar-refractivity contribution in [2.75, 3.05) is 18.8 Å². The molecule has 0 radical (unpaired) electrons. The topological polar surface area (TPSA) is 32.3 Å². The molecule has 1 heterocycles. The van der Waals surface area contributed by atoms with E-state index in [1.54, 1.807) is 11.8 Å². The van der Waals surface area contributed by atoms with Gasteiger partial charge in [0, 0.05) is 18.0 Å². The maximum Gasteiger partial charge on any atom is 0.252 e. The van der Waals surface area contributed by atoms with Crippen molar-refractivity contribution in [1.29, 1.82) is 0 Å². The lowest BCUT2D eigenvalue weighted by molar-refractivity contribution is 0.0948.